The van der Waals surface area contributed by atoms with Gasteiger partial charge in [0.2, 0.25) is 5.91 Å². The van der Waals surface area contributed by atoms with Gasteiger partial charge in [0.05, 0.1) is 15.9 Å². The van der Waals surface area contributed by atoms with Crippen LogP contribution in [0.4, 0.5) is 0 Å². The highest BCUT2D eigenvalue weighted by Gasteiger charge is 2.29. The fourth-order valence-electron chi connectivity index (χ4n) is 3.79. The number of hydrogen-bond acceptors (Lipinski definition) is 4. The molecule has 1 aliphatic rings. The topological polar surface area (TPSA) is 87.2 Å². The van der Waals surface area contributed by atoms with Gasteiger partial charge < -0.3 is 15.2 Å². The lowest BCUT2D eigenvalue weighted by molar-refractivity contribution is -0.134. The molecule has 1 saturated heterocycles. The van der Waals surface area contributed by atoms with Gasteiger partial charge in [0.25, 0.3) is 5.91 Å². The Hall–Kier alpha value is -2.87. The molecule has 7 nitrogen and oxygen atoms in total. The third-order valence-electron chi connectivity index (χ3n) is 5.23. The third kappa shape index (κ3) is 3.47. The lowest BCUT2D eigenvalue weighted by atomic mass is 10.0. The summed E-state index contributed by atoms with van der Waals surface area (Å²) in [5.74, 6) is -0.314. The first-order valence-corrected chi connectivity index (χ1v) is 10.2. The Morgan fingerprint density at radius 1 is 1.18 bits per heavy atom. The number of para-hydroxylation sites is 2. The summed E-state index contributed by atoms with van der Waals surface area (Å²) < 4.78 is 1.80. The van der Waals surface area contributed by atoms with E-state index in [4.69, 9.17) is 0 Å². The van der Waals surface area contributed by atoms with Gasteiger partial charge in [0.1, 0.15) is 6.04 Å². The number of piperidine rings is 1. The Bertz CT molecular complexity index is 1050. The first-order chi connectivity index (χ1) is 13.5. The molecule has 1 atom stereocenters. The number of aromatic nitrogens is 2. The molecule has 2 N–H and O–H groups in total. The number of aromatic amines is 1. The highest BCUT2D eigenvalue weighted by Crippen LogP contribution is 2.25. The van der Waals surface area contributed by atoms with Crippen molar-refractivity contribution in [1.82, 2.24) is 19.8 Å². The van der Waals surface area contributed by atoms with Gasteiger partial charge in [-0.15, -0.1) is 11.3 Å². The van der Waals surface area contributed by atoms with Crippen LogP contribution in [0.15, 0.2) is 46.6 Å². The number of fused-ring (bicyclic) bond motifs is 1. The Morgan fingerprint density at radius 2 is 1.93 bits per heavy atom. The number of imidazole rings is 1. The normalized spacial score (nSPS) is 16.2. The van der Waals surface area contributed by atoms with Crippen LogP contribution in [0.1, 0.15) is 35.5 Å². The van der Waals surface area contributed by atoms with E-state index in [1.54, 1.807) is 22.5 Å². The SMILES string of the molecule is CC(NC(=O)c1cccs1)C(=O)N1CCC(n2c(=O)[nH]c3ccccc32)CC1. The van der Waals surface area contributed by atoms with Crippen LogP contribution in [-0.2, 0) is 4.79 Å². The Labute approximate surface area is 166 Å². The molecule has 8 heteroatoms. The van der Waals surface area contributed by atoms with Gasteiger partial charge >= 0.3 is 5.69 Å². The van der Waals surface area contributed by atoms with E-state index >= 15 is 0 Å². The monoisotopic (exact) mass is 398 g/mol. The fourth-order valence-corrected chi connectivity index (χ4v) is 4.42. The van der Waals surface area contributed by atoms with Crippen LogP contribution >= 0.6 is 11.3 Å². The van der Waals surface area contributed by atoms with Crippen molar-refractivity contribution in [2.45, 2.75) is 31.8 Å². The summed E-state index contributed by atoms with van der Waals surface area (Å²) in [6.07, 6.45) is 1.41. The zero-order chi connectivity index (χ0) is 19.7. The molecule has 0 aliphatic carbocycles. The summed E-state index contributed by atoms with van der Waals surface area (Å²) in [7, 11) is 0. The van der Waals surface area contributed by atoms with Gasteiger partial charge in [-0.2, -0.15) is 0 Å². The molecule has 2 amide bonds. The molecule has 0 saturated carbocycles. The molecule has 146 valence electrons. The maximum Gasteiger partial charge on any atom is 0.326 e. The van der Waals surface area contributed by atoms with Crippen LogP contribution in [0.2, 0.25) is 0 Å². The van der Waals surface area contributed by atoms with E-state index in [0.717, 1.165) is 11.0 Å². The molecule has 1 unspecified atom stereocenters. The van der Waals surface area contributed by atoms with Gasteiger partial charge in [-0.1, -0.05) is 18.2 Å². The summed E-state index contributed by atoms with van der Waals surface area (Å²) in [5.41, 5.74) is 1.62. The number of carbonyl (C=O) groups is 2. The average Bonchev–Trinajstić information content (AvgIpc) is 3.35. The molecule has 4 rings (SSSR count). The first-order valence-electron chi connectivity index (χ1n) is 9.37. The zero-order valence-electron chi connectivity index (χ0n) is 15.6. The second-order valence-electron chi connectivity index (χ2n) is 7.05. The third-order valence-corrected chi connectivity index (χ3v) is 6.10. The molecule has 1 aliphatic heterocycles. The van der Waals surface area contributed by atoms with Gasteiger partial charge in [-0.25, -0.2) is 4.79 Å². The van der Waals surface area contributed by atoms with E-state index in [0.29, 0.717) is 30.8 Å². The van der Waals surface area contributed by atoms with Crippen molar-refractivity contribution in [3.05, 3.63) is 57.1 Å². The first kappa shape index (κ1) is 18.5. The molecule has 0 radical (unpaired) electrons. The van der Waals surface area contributed by atoms with Crippen molar-refractivity contribution in [2.24, 2.45) is 0 Å². The Morgan fingerprint density at radius 3 is 2.64 bits per heavy atom. The number of carbonyl (C=O) groups excluding carboxylic acids is 2. The van der Waals surface area contributed by atoms with Gasteiger partial charge in [-0.05, 0) is 43.3 Å². The number of H-pyrrole nitrogens is 1. The highest BCUT2D eigenvalue weighted by atomic mass is 32.1. The minimum absolute atomic E-state index is 0.0590. The van der Waals surface area contributed by atoms with Crippen LogP contribution in [-0.4, -0.2) is 45.4 Å². The van der Waals surface area contributed by atoms with Crippen molar-refractivity contribution in [3.8, 4) is 0 Å². The average molecular weight is 398 g/mol. The molecule has 28 heavy (non-hydrogen) atoms. The molecule has 0 bridgehead atoms. The molecule has 0 spiro atoms. The number of benzene rings is 1. The zero-order valence-corrected chi connectivity index (χ0v) is 16.4. The van der Waals surface area contributed by atoms with Gasteiger partial charge in [0.15, 0.2) is 0 Å². The van der Waals surface area contributed by atoms with E-state index in [1.165, 1.54) is 11.3 Å². The van der Waals surface area contributed by atoms with Crippen molar-refractivity contribution in [2.75, 3.05) is 13.1 Å². The lowest BCUT2D eigenvalue weighted by Gasteiger charge is -2.34. The van der Waals surface area contributed by atoms with Crippen LogP contribution in [0.5, 0.6) is 0 Å². The molecule has 1 fully saturated rings. The van der Waals surface area contributed by atoms with E-state index in [2.05, 4.69) is 10.3 Å². The standard InChI is InChI=1S/C20H22N4O3S/c1-13(21-18(25)17-7-4-12-28-17)19(26)23-10-8-14(9-11-23)24-16-6-3-2-5-15(16)22-20(24)27/h2-7,12-14H,8-11H2,1H3,(H,21,25)(H,22,27). The predicted octanol–water partition coefficient (Wildman–Crippen LogP) is 2.37. The van der Waals surface area contributed by atoms with Crippen LogP contribution in [0.25, 0.3) is 11.0 Å². The van der Waals surface area contributed by atoms with Crippen LogP contribution < -0.4 is 11.0 Å². The molecule has 1 aromatic carbocycles. The number of thiophene rings is 1. The molecular weight excluding hydrogens is 376 g/mol. The van der Waals surface area contributed by atoms with Gasteiger partial charge in [-0.3, -0.25) is 14.2 Å². The summed E-state index contributed by atoms with van der Waals surface area (Å²) in [6, 6.07) is 10.7. The predicted molar refractivity (Wildman–Crippen MR) is 109 cm³/mol. The summed E-state index contributed by atoms with van der Waals surface area (Å²) in [5, 5.41) is 4.60. The summed E-state index contributed by atoms with van der Waals surface area (Å²) in [4.78, 5) is 42.5. The second kappa shape index (κ2) is 7.63. The highest BCUT2D eigenvalue weighted by molar-refractivity contribution is 7.12. The van der Waals surface area contributed by atoms with E-state index < -0.39 is 6.04 Å². The maximum absolute atomic E-state index is 12.7. The van der Waals surface area contributed by atoms with Crippen LogP contribution in [0, 0.1) is 0 Å². The molecule has 3 heterocycles. The summed E-state index contributed by atoms with van der Waals surface area (Å²) >= 11 is 1.35. The van der Waals surface area contributed by atoms with Crippen molar-refractivity contribution in [1.29, 1.82) is 0 Å². The Kier molecular flexibility index (Phi) is 5.04. The number of rotatable bonds is 4. The molecule has 3 aromatic rings. The van der Waals surface area contributed by atoms with Crippen molar-refractivity contribution < 1.29 is 9.59 Å². The smallest absolute Gasteiger partial charge is 0.326 e. The van der Waals surface area contributed by atoms with Crippen molar-refractivity contribution >= 4 is 34.2 Å². The quantitative estimate of drug-likeness (QED) is 0.707. The molecule has 2 aromatic heterocycles. The largest absolute Gasteiger partial charge is 0.341 e. The van der Waals surface area contributed by atoms with E-state index in [1.807, 2.05) is 35.7 Å². The number of hydrogen-bond donors (Lipinski definition) is 2. The van der Waals surface area contributed by atoms with Gasteiger partial charge in [0, 0.05) is 19.1 Å². The van der Waals surface area contributed by atoms with E-state index in [9.17, 15) is 14.4 Å². The number of likely N-dealkylation sites (tertiary alicyclic amines) is 1. The minimum Gasteiger partial charge on any atom is -0.341 e. The van der Waals surface area contributed by atoms with Crippen molar-refractivity contribution in [3.63, 3.8) is 0 Å². The summed E-state index contributed by atoms with van der Waals surface area (Å²) in [6.45, 7) is 2.84. The number of nitrogens with one attached hydrogen (secondary N) is 2. The fraction of sp³-hybridized carbons (Fsp3) is 0.350. The lowest BCUT2D eigenvalue weighted by Crippen LogP contribution is -2.49. The second-order valence-corrected chi connectivity index (χ2v) is 7.99. The molecular formula is C20H22N4O3S. The maximum atomic E-state index is 12.7. The number of nitrogens with zero attached hydrogens (tertiary/aromatic N) is 2. The van der Waals surface area contributed by atoms with Crippen LogP contribution in [0.3, 0.4) is 0 Å². The Balaban J connectivity index is 1.39. The number of amides is 2. The van der Waals surface area contributed by atoms with E-state index in [-0.39, 0.29) is 23.5 Å². The minimum atomic E-state index is -0.582.